The van der Waals surface area contributed by atoms with Crippen LogP contribution in [0, 0.1) is 0 Å². The van der Waals surface area contributed by atoms with Crippen LogP contribution in [0.1, 0.15) is 64.2 Å². The van der Waals surface area contributed by atoms with E-state index < -0.39 is 0 Å². The number of nitrogens with zero attached hydrogens (tertiary/aromatic N) is 5. The van der Waals surface area contributed by atoms with Crippen LogP contribution in [0.25, 0.3) is 11.3 Å². The zero-order chi connectivity index (χ0) is 23.1. The van der Waals surface area contributed by atoms with E-state index in [9.17, 15) is 0 Å². The van der Waals surface area contributed by atoms with Gasteiger partial charge in [0.2, 0.25) is 0 Å². The molecule has 0 spiro atoms. The quantitative estimate of drug-likeness (QED) is 0.130. The number of hydrogen-bond acceptors (Lipinski definition) is 9. The van der Waals surface area contributed by atoms with Crippen molar-refractivity contribution in [1.29, 1.82) is 0 Å². The molecule has 0 saturated heterocycles. The molecule has 3 heterocycles. The summed E-state index contributed by atoms with van der Waals surface area (Å²) in [4.78, 5) is 0. The summed E-state index contributed by atoms with van der Waals surface area (Å²) in [7, 11) is 3.58. The van der Waals surface area contributed by atoms with E-state index in [2.05, 4.69) is 17.5 Å². The first-order valence-electron chi connectivity index (χ1n) is 11.7. The Hall–Kier alpha value is -1.60. The topological polar surface area (TPSA) is 83.1 Å². The second kappa shape index (κ2) is 16.9. The third kappa shape index (κ3) is 9.95. The minimum Gasteiger partial charge on any atom is -1.00 e. The van der Waals surface area contributed by atoms with Crippen molar-refractivity contribution in [2.75, 3.05) is 20.3 Å². The summed E-state index contributed by atoms with van der Waals surface area (Å²) in [6.07, 6.45) is 16.2. The SMILES string of the molecule is COc1nsnc1OCCCCCCCCCCCCOc1nsnc1-c1ccc[n+](C)c1.[I-]. The molecule has 0 fully saturated rings. The first-order chi connectivity index (χ1) is 16.3. The molecule has 3 rings (SSSR count). The second-order valence-electron chi connectivity index (χ2n) is 7.99. The van der Waals surface area contributed by atoms with E-state index in [0.717, 1.165) is 35.8 Å². The Bertz CT molecular complexity index is 941. The van der Waals surface area contributed by atoms with Gasteiger partial charge in [-0.3, -0.25) is 0 Å². The van der Waals surface area contributed by atoms with E-state index in [4.69, 9.17) is 14.2 Å². The maximum Gasteiger partial charge on any atom is 0.291 e. The lowest BCUT2D eigenvalue weighted by Gasteiger charge is -2.05. The van der Waals surface area contributed by atoms with Gasteiger partial charge in [0.1, 0.15) is 7.05 Å². The van der Waals surface area contributed by atoms with E-state index in [1.54, 1.807) is 7.11 Å². The van der Waals surface area contributed by atoms with Crippen LogP contribution >= 0.6 is 23.5 Å². The fourth-order valence-electron chi connectivity index (χ4n) is 3.52. The monoisotopic (exact) mass is 619 g/mol. The number of rotatable bonds is 17. The summed E-state index contributed by atoms with van der Waals surface area (Å²) < 4.78 is 35.4. The lowest BCUT2D eigenvalue weighted by atomic mass is 10.1. The minimum atomic E-state index is 0. The van der Waals surface area contributed by atoms with Gasteiger partial charge in [-0.15, -0.1) is 13.1 Å². The number of aryl methyl sites for hydroxylation is 1. The molecule has 3 aromatic heterocycles. The summed E-state index contributed by atoms with van der Waals surface area (Å²) in [5.74, 6) is 1.65. The van der Waals surface area contributed by atoms with E-state index in [-0.39, 0.29) is 24.0 Å². The van der Waals surface area contributed by atoms with Crippen molar-refractivity contribution in [2.24, 2.45) is 7.05 Å². The van der Waals surface area contributed by atoms with Crippen molar-refractivity contribution < 1.29 is 42.8 Å². The van der Waals surface area contributed by atoms with Crippen LogP contribution in [-0.4, -0.2) is 37.8 Å². The predicted molar refractivity (Wildman–Crippen MR) is 130 cm³/mol. The average Bonchev–Trinajstić information content (AvgIpc) is 3.48. The van der Waals surface area contributed by atoms with Crippen LogP contribution in [0.2, 0.25) is 0 Å². The molecular weight excluding hydrogens is 585 g/mol. The third-order valence-electron chi connectivity index (χ3n) is 5.31. The number of unbranched alkanes of at least 4 members (excludes halogenated alkanes) is 9. The van der Waals surface area contributed by atoms with Gasteiger partial charge in [0.25, 0.3) is 17.6 Å². The molecule has 0 radical (unpaired) electrons. The zero-order valence-electron chi connectivity index (χ0n) is 19.9. The maximum absolute atomic E-state index is 5.90. The van der Waals surface area contributed by atoms with Gasteiger partial charge >= 0.3 is 0 Å². The largest absolute Gasteiger partial charge is 1.00 e. The first kappa shape index (κ1) is 28.6. The van der Waals surface area contributed by atoms with Crippen LogP contribution in [0.3, 0.4) is 0 Å². The van der Waals surface area contributed by atoms with Crippen LogP contribution < -0.4 is 42.8 Å². The summed E-state index contributed by atoms with van der Waals surface area (Å²) in [5, 5.41) is 0. The van der Waals surface area contributed by atoms with Crippen molar-refractivity contribution in [3.05, 3.63) is 24.5 Å². The van der Waals surface area contributed by atoms with Gasteiger partial charge < -0.3 is 38.2 Å². The van der Waals surface area contributed by atoms with Crippen LogP contribution in [0.4, 0.5) is 0 Å². The normalized spacial score (nSPS) is 10.6. The van der Waals surface area contributed by atoms with E-state index >= 15 is 0 Å². The highest BCUT2D eigenvalue weighted by Crippen LogP contribution is 2.27. The minimum absolute atomic E-state index is 0. The molecule has 0 aromatic carbocycles. The fourth-order valence-corrected chi connectivity index (χ4v) is 4.51. The van der Waals surface area contributed by atoms with Gasteiger partial charge in [-0.1, -0.05) is 51.4 Å². The van der Waals surface area contributed by atoms with Crippen molar-refractivity contribution >= 4 is 23.5 Å². The Morgan fingerprint density at radius 3 is 1.88 bits per heavy atom. The molecule has 0 N–H and O–H groups in total. The number of hydrogen-bond donors (Lipinski definition) is 0. The van der Waals surface area contributed by atoms with Gasteiger partial charge in [0, 0.05) is 6.07 Å². The fraction of sp³-hybridized carbons (Fsp3) is 0.609. The van der Waals surface area contributed by atoms with Crippen LogP contribution in [0.15, 0.2) is 24.5 Å². The molecule has 0 atom stereocenters. The molecule has 188 valence electrons. The molecule has 0 amide bonds. The van der Waals surface area contributed by atoms with Crippen molar-refractivity contribution in [2.45, 2.75) is 64.2 Å². The highest BCUT2D eigenvalue weighted by Gasteiger charge is 2.14. The summed E-state index contributed by atoms with van der Waals surface area (Å²) in [6.45, 7) is 1.37. The van der Waals surface area contributed by atoms with E-state index in [0.29, 0.717) is 30.9 Å². The molecule has 11 heteroatoms. The van der Waals surface area contributed by atoms with Crippen molar-refractivity contribution in [3.63, 3.8) is 0 Å². The predicted octanol–water partition coefficient (Wildman–Crippen LogP) is 2.25. The Labute approximate surface area is 227 Å². The van der Waals surface area contributed by atoms with Crippen LogP contribution in [0.5, 0.6) is 17.6 Å². The number of ether oxygens (including phenoxy) is 3. The molecular formula is C23H34IN5O3S2. The van der Waals surface area contributed by atoms with E-state index in [1.807, 2.05) is 36.1 Å². The molecule has 34 heavy (non-hydrogen) atoms. The average molecular weight is 620 g/mol. The lowest BCUT2D eigenvalue weighted by Crippen LogP contribution is -3.00. The summed E-state index contributed by atoms with van der Waals surface area (Å²) in [5.41, 5.74) is 1.87. The third-order valence-corrected chi connectivity index (χ3v) is 6.32. The Morgan fingerprint density at radius 2 is 1.26 bits per heavy atom. The van der Waals surface area contributed by atoms with Gasteiger partial charge in [0.15, 0.2) is 18.1 Å². The summed E-state index contributed by atoms with van der Waals surface area (Å²) >= 11 is 2.32. The van der Waals surface area contributed by atoms with Gasteiger partial charge in [-0.25, -0.2) is 4.57 Å². The first-order valence-corrected chi connectivity index (χ1v) is 13.1. The van der Waals surface area contributed by atoms with Crippen molar-refractivity contribution in [3.8, 4) is 28.9 Å². The molecule has 8 nitrogen and oxygen atoms in total. The molecule has 0 unspecified atom stereocenters. The molecule has 0 aliphatic rings. The zero-order valence-corrected chi connectivity index (χ0v) is 23.7. The summed E-state index contributed by atoms with van der Waals surface area (Å²) in [6, 6.07) is 4.04. The highest BCUT2D eigenvalue weighted by molar-refractivity contribution is 6.99. The molecule has 0 bridgehead atoms. The molecule has 0 saturated carbocycles. The van der Waals surface area contributed by atoms with Crippen molar-refractivity contribution in [1.82, 2.24) is 17.5 Å². The number of pyridine rings is 1. The highest BCUT2D eigenvalue weighted by atomic mass is 127. The van der Waals surface area contributed by atoms with Gasteiger partial charge in [-0.05, 0) is 18.9 Å². The standard InChI is InChI=1S/C23H34N5O3S2.HI/c1-28-15-13-14-19(18-28)20-21(25-32-24-20)30-16-11-9-7-5-3-4-6-8-10-12-17-31-23-22(29-2)26-33-27-23;/h13-15,18H,3-12,16-17H2,1-2H3;1H/q+1;/p-1. The Morgan fingerprint density at radius 1 is 0.735 bits per heavy atom. The Balaban J connectivity index is 0.00000408. The molecule has 0 aliphatic carbocycles. The van der Waals surface area contributed by atoms with Gasteiger partial charge in [-0.2, -0.15) is 4.37 Å². The van der Waals surface area contributed by atoms with E-state index in [1.165, 1.54) is 63.1 Å². The maximum atomic E-state index is 5.90. The Kier molecular flexibility index (Phi) is 14.3. The number of aromatic nitrogens is 5. The molecule has 0 aliphatic heterocycles. The number of halogens is 1. The second-order valence-corrected chi connectivity index (χ2v) is 9.04. The smallest absolute Gasteiger partial charge is 0.291 e. The lowest BCUT2D eigenvalue weighted by molar-refractivity contribution is -0.671. The van der Waals surface area contributed by atoms with Crippen LogP contribution in [-0.2, 0) is 7.05 Å². The van der Waals surface area contributed by atoms with Gasteiger partial charge in [0.05, 0.1) is 49.3 Å². The number of methoxy groups -OCH3 is 1. The molecule has 3 aromatic rings.